The molecule has 0 atom stereocenters. The molecule has 6 heteroatoms. The van der Waals surface area contributed by atoms with Crippen LogP contribution in [0.1, 0.15) is 24.0 Å². The van der Waals surface area contributed by atoms with Crippen molar-refractivity contribution in [3.05, 3.63) is 65.0 Å². The van der Waals surface area contributed by atoms with E-state index in [-0.39, 0.29) is 5.82 Å². The van der Waals surface area contributed by atoms with Gasteiger partial charge in [-0.2, -0.15) is 0 Å². The molecule has 6 rings (SSSR count). The summed E-state index contributed by atoms with van der Waals surface area (Å²) in [7, 11) is 0. The molecular formula is C24H20FN3OS. The van der Waals surface area contributed by atoms with E-state index in [4.69, 9.17) is 4.74 Å². The molecule has 0 N–H and O–H groups in total. The molecule has 0 aliphatic carbocycles. The van der Waals surface area contributed by atoms with Gasteiger partial charge in [0.2, 0.25) is 5.88 Å². The van der Waals surface area contributed by atoms with E-state index >= 15 is 0 Å². The summed E-state index contributed by atoms with van der Waals surface area (Å²) in [6.45, 7) is 2.25. The van der Waals surface area contributed by atoms with Gasteiger partial charge in [0.05, 0.1) is 5.39 Å². The van der Waals surface area contributed by atoms with Gasteiger partial charge < -0.3 is 9.64 Å². The molecule has 0 saturated carbocycles. The number of thiophene rings is 1. The van der Waals surface area contributed by atoms with E-state index in [1.807, 2.05) is 5.38 Å². The Hall–Kier alpha value is -2.99. The van der Waals surface area contributed by atoms with Crippen molar-refractivity contribution in [2.75, 3.05) is 18.0 Å². The molecule has 0 unspecified atom stereocenters. The van der Waals surface area contributed by atoms with Gasteiger partial charge in [-0.3, -0.25) is 0 Å². The van der Waals surface area contributed by atoms with Crippen LogP contribution in [0.15, 0.2) is 48.1 Å². The third kappa shape index (κ3) is 2.86. The number of benzene rings is 2. The molecule has 150 valence electrons. The van der Waals surface area contributed by atoms with E-state index in [9.17, 15) is 4.39 Å². The molecule has 0 spiro atoms. The number of rotatable bonds is 3. The number of fused-ring (bicyclic) bond motifs is 1. The lowest BCUT2D eigenvalue weighted by atomic mass is 9.91. The maximum absolute atomic E-state index is 13.4. The van der Waals surface area contributed by atoms with Crippen LogP contribution in [0.2, 0.25) is 0 Å². The second kappa shape index (κ2) is 7.06. The van der Waals surface area contributed by atoms with E-state index in [2.05, 4.69) is 27.0 Å². The Labute approximate surface area is 178 Å². The average molecular weight is 418 g/mol. The highest BCUT2D eigenvalue weighted by Gasteiger charge is 2.27. The van der Waals surface area contributed by atoms with Crippen LogP contribution < -0.4 is 9.64 Å². The number of aromatic nitrogens is 2. The van der Waals surface area contributed by atoms with Crippen LogP contribution in [0.5, 0.6) is 11.6 Å². The molecule has 4 heterocycles. The zero-order chi connectivity index (χ0) is 20.1. The first kappa shape index (κ1) is 17.8. The van der Waals surface area contributed by atoms with Gasteiger partial charge in [-0.1, -0.05) is 18.2 Å². The maximum Gasteiger partial charge on any atom is 0.231 e. The first-order valence-electron chi connectivity index (χ1n) is 10.3. The number of nitrogens with zero attached hydrogens (tertiary/aromatic N) is 3. The third-order valence-corrected chi connectivity index (χ3v) is 6.95. The number of aryl methyl sites for hydroxylation is 1. The minimum atomic E-state index is -0.247. The lowest BCUT2D eigenvalue weighted by molar-refractivity contribution is 0.458. The molecule has 0 saturated heterocycles. The van der Waals surface area contributed by atoms with Crippen molar-refractivity contribution in [1.29, 1.82) is 0 Å². The SMILES string of the molecule is Fc1ccc(-c2csc3ncnc(Oc4ccc5c6c4CCCN6CCC5)c23)cc1. The number of anilines is 1. The number of hydrogen-bond acceptors (Lipinski definition) is 5. The molecular weight excluding hydrogens is 397 g/mol. The first-order chi connectivity index (χ1) is 14.8. The van der Waals surface area contributed by atoms with Crippen molar-refractivity contribution < 1.29 is 9.13 Å². The lowest BCUT2D eigenvalue weighted by Gasteiger charge is -2.37. The fraction of sp³-hybridized carbons (Fsp3) is 0.250. The van der Waals surface area contributed by atoms with Gasteiger partial charge >= 0.3 is 0 Å². The Bertz CT molecular complexity index is 1250. The van der Waals surface area contributed by atoms with Crippen molar-refractivity contribution in [3.63, 3.8) is 0 Å². The summed E-state index contributed by atoms with van der Waals surface area (Å²) >= 11 is 1.55. The normalized spacial score (nSPS) is 15.3. The average Bonchev–Trinajstić information content (AvgIpc) is 3.22. The zero-order valence-corrected chi connectivity index (χ0v) is 17.2. The Kier molecular flexibility index (Phi) is 4.20. The molecule has 2 aliphatic heterocycles. The highest BCUT2D eigenvalue weighted by Crippen LogP contribution is 2.44. The van der Waals surface area contributed by atoms with Crippen molar-refractivity contribution in [3.8, 4) is 22.8 Å². The van der Waals surface area contributed by atoms with Crippen LogP contribution in [0, 0.1) is 5.82 Å². The Balaban J connectivity index is 1.47. The minimum Gasteiger partial charge on any atom is -0.438 e. The standard InChI is InChI=1S/C24H20FN3OS/c25-17-8-5-15(6-9-17)19-13-30-24-21(19)23(26-14-27-24)29-20-10-7-16-3-1-11-28-12-2-4-18(20)22(16)28/h5-10,13-14H,1-4,11-12H2. The monoisotopic (exact) mass is 417 g/mol. The zero-order valence-electron chi connectivity index (χ0n) is 16.4. The molecule has 2 aliphatic rings. The van der Waals surface area contributed by atoms with Crippen molar-refractivity contribution in [1.82, 2.24) is 9.97 Å². The quantitative estimate of drug-likeness (QED) is 0.410. The fourth-order valence-electron chi connectivity index (χ4n) is 4.71. The minimum absolute atomic E-state index is 0.247. The summed E-state index contributed by atoms with van der Waals surface area (Å²) in [4.78, 5) is 12.3. The van der Waals surface area contributed by atoms with Gasteiger partial charge in [0.15, 0.2) is 0 Å². The summed E-state index contributed by atoms with van der Waals surface area (Å²) < 4.78 is 19.9. The predicted molar refractivity (Wildman–Crippen MR) is 118 cm³/mol. The fourth-order valence-corrected chi connectivity index (χ4v) is 5.62. The van der Waals surface area contributed by atoms with Crippen LogP contribution in [0.4, 0.5) is 10.1 Å². The topological polar surface area (TPSA) is 38.3 Å². The van der Waals surface area contributed by atoms with E-state index in [0.29, 0.717) is 5.88 Å². The van der Waals surface area contributed by atoms with Crippen molar-refractivity contribution >= 4 is 27.2 Å². The summed E-state index contributed by atoms with van der Waals surface area (Å²) in [5, 5.41) is 2.92. The largest absolute Gasteiger partial charge is 0.438 e. The Morgan fingerprint density at radius 3 is 2.67 bits per heavy atom. The van der Waals surface area contributed by atoms with Gasteiger partial charge in [0, 0.05) is 35.3 Å². The second-order valence-electron chi connectivity index (χ2n) is 7.86. The predicted octanol–water partition coefficient (Wildman–Crippen LogP) is 5.99. The molecule has 0 fully saturated rings. The lowest BCUT2D eigenvalue weighted by Crippen LogP contribution is -2.34. The van der Waals surface area contributed by atoms with E-state index in [1.54, 1.807) is 29.8 Å². The molecule has 0 radical (unpaired) electrons. The molecule has 4 nitrogen and oxygen atoms in total. The van der Waals surface area contributed by atoms with Gasteiger partial charge in [-0.05, 0) is 55.0 Å². The van der Waals surface area contributed by atoms with Crippen LogP contribution in [-0.4, -0.2) is 23.1 Å². The smallest absolute Gasteiger partial charge is 0.231 e. The van der Waals surface area contributed by atoms with Gasteiger partial charge in [0.1, 0.15) is 22.7 Å². The Morgan fingerprint density at radius 2 is 1.80 bits per heavy atom. The van der Waals surface area contributed by atoms with Gasteiger partial charge in [-0.15, -0.1) is 11.3 Å². The maximum atomic E-state index is 13.4. The van der Waals surface area contributed by atoms with E-state index in [1.165, 1.54) is 35.4 Å². The number of halogens is 1. The molecule has 2 aromatic heterocycles. The molecule has 0 bridgehead atoms. The van der Waals surface area contributed by atoms with Crippen molar-refractivity contribution in [2.24, 2.45) is 0 Å². The summed E-state index contributed by atoms with van der Waals surface area (Å²) in [6, 6.07) is 10.8. The highest BCUT2D eigenvalue weighted by molar-refractivity contribution is 7.17. The summed E-state index contributed by atoms with van der Waals surface area (Å²) in [5.74, 6) is 1.20. The van der Waals surface area contributed by atoms with Gasteiger partial charge in [-0.25, -0.2) is 14.4 Å². The molecule has 4 aromatic rings. The third-order valence-electron chi connectivity index (χ3n) is 6.07. The number of hydrogen-bond donors (Lipinski definition) is 0. The second-order valence-corrected chi connectivity index (χ2v) is 8.72. The molecule has 0 amide bonds. The van der Waals surface area contributed by atoms with Crippen molar-refractivity contribution in [2.45, 2.75) is 25.7 Å². The molecule has 2 aromatic carbocycles. The van der Waals surface area contributed by atoms with Crippen LogP contribution >= 0.6 is 11.3 Å². The van der Waals surface area contributed by atoms with Gasteiger partial charge in [0.25, 0.3) is 0 Å². The Morgan fingerprint density at radius 1 is 0.967 bits per heavy atom. The van der Waals surface area contributed by atoms with E-state index < -0.39 is 0 Å². The first-order valence-corrected chi connectivity index (χ1v) is 11.2. The van der Waals surface area contributed by atoms with E-state index in [0.717, 1.165) is 59.4 Å². The van der Waals surface area contributed by atoms with Crippen LogP contribution in [0.25, 0.3) is 21.3 Å². The van der Waals surface area contributed by atoms with Crippen LogP contribution in [0.3, 0.4) is 0 Å². The summed E-state index contributed by atoms with van der Waals surface area (Å²) in [5.41, 5.74) is 6.00. The highest BCUT2D eigenvalue weighted by atomic mass is 32.1. The molecule has 30 heavy (non-hydrogen) atoms. The van der Waals surface area contributed by atoms with Crippen LogP contribution in [-0.2, 0) is 12.8 Å². The number of ether oxygens (including phenoxy) is 1. The summed E-state index contributed by atoms with van der Waals surface area (Å²) in [6.07, 6.45) is 6.08.